The molecule has 17 heavy (non-hydrogen) atoms. The van der Waals surface area contributed by atoms with E-state index in [1.165, 1.54) is 6.26 Å². The van der Waals surface area contributed by atoms with Crippen LogP contribution in [0.5, 0.6) is 0 Å². The van der Waals surface area contributed by atoms with E-state index in [1.54, 1.807) is 12.1 Å². The molecule has 1 heterocycles. The number of hydrogen-bond donors (Lipinski definition) is 3. The number of hydrogen-bond acceptors (Lipinski definition) is 3. The summed E-state index contributed by atoms with van der Waals surface area (Å²) < 4.78 is 5.12. The monoisotopic (exact) mass is 238 g/mol. The van der Waals surface area contributed by atoms with Crippen molar-refractivity contribution >= 4 is 12.0 Å². The number of amides is 2. The summed E-state index contributed by atoms with van der Waals surface area (Å²) in [6, 6.07) is 3.02. The molecule has 0 atom stereocenters. The van der Waals surface area contributed by atoms with Crippen LogP contribution in [0.3, 0.4) is 0 Å². The summed E-state index contributed by atoms with van der Waals surface area (Å²) in [6.07, 6.45) is 1.51. The molecular weight excluding hydrogens is 220 g/mol. The molecule has 1 rings (SSSR count). The number of nitrogens with zero attached hydrogens (tertiary/aromatic N) is 1. The third-order valence-electron chi connectivity index (χ3n) is 1.91. The van der Waals surface area contributed by atoms with Crippen LogP contribution in [0.15, 0.2) is 22.8 Å². The Kier molecular flexibility index (Phi) is 3.77. The summed E-state index contributed by atoms with van der Waals surface area (Å²) >= 11 is 0. The Hall–Kier alpha value is -1.98. The minimum Gasteiger partial charge on any atom is -0.467 e. The zero-order chi connectivity index (χ0) is 13.1. The Balaban J connectivity index is 2.73. The second kappa shape index (κ2) is 4.90. The van der Waals surface area contributed by atoms with Gasteiger partial charge in [0, 0.05) is 5.54 Å². The number of furan rings is 1. The number of carbonyl (C=O) groups excluding carboxylic acids is 1. The van der Waals surface area contributed by atoms with Crippen molar-refractivity contribution in [1.29, 1.82) is 5.41 Å². The van der Waals surface area contributed by atoms with Crippen LogP contribution in [0.4, 0.5) is 4.79 Å². The molecule has 0 spiro atoms. The molecule has 0 saturated carbocycles. The van der Waals surface area contributed by atoms with Gasteiger partial charge in [-0.25, -0.2) is 4.79 Å². The molecule has 1 aromatic heterocycles. The summed E-state index contributed by atoms with van der Waals surface area (Å²) in [5.41, 5.74) is 5.00. The number of carbonyl (C=O) groups is 1. The van der Waals surface area contributed by atoms with Crippen LogP contribution >= 0.6 is 0 Å². The molecule has 4 N–H and O–H groups in total. The average molecular weight is 238 g/mol. The highest BCUT2D eigenvalue weighted by Crippen LogP contribution is 2.07. The predicted octanol–water partition coefficient (Wildman–Crippen LogP) is 1.48. The van der Waals surface area contributed by atoms with Crippen LogP contribution in [-0.4, -0.2) is 22.4 Å². The van der Waals surface area contributed by atoms with Crippen LogP contribution in [0.1, 0.15) is 26.5 Å². The highest BCUT2D eigenvalue weighted by atomic mass is 16.3. The van der Waals surface area contributed by atoms with Crippen molar-refractivity contribution in [2.45, 2.75) is 32.9 Å². The summed E-state index contributed by atoms with van der Waals surface area (Å²) in [5.74, 6) is 0.257. The fourth-order valence-corrected chi connectivity index (χ4v) is 1.21. The van der Waals surface area contributed by atoms with Gasteiger partial charge in [-0.05, 0) is 32.9 Å². The van der Waals surface area contributed by atoms with Gasteiger partial charge >= 0.3 is 6.03 Å². The van der Waals surface area contributed by atoms with E-state index in [0.29, 0.717) is 5.76 Å². The first-order valence-corrected chi connectivity index (χ1v) is 5.25. The van der Waals surface area contributed by atoms with Crippen molar-refractivity contribution in [1.82, 2.24) is 10.2 Å². The smallest absolute Gasteiger partial charge is 0.325 e. The van der Waals surface area contributed by atoms with E-state index in [0.717, 1.165) is 4.90 Å². The van der Waals surface area contributed by atoms with Gasteiger partial charge in [0.25, 0.3) is 0 Å². The second-order valence-electron chi connectivity index (χ2n) is 4.73. The summed E-state index contributed by atoms with van der Waals surface area (Å²) in [7, 11) is 0. The average Bonchev–Trinajstić information content (AvgIpc) is 2.62. The Labute approximate surface area is 100 Å². The number of nitrogens with one attached hydrogen (secondary N) is 2. The molecule has 6 heteroatoms. The van der Waals surface area contributed by atoms with E-state index in [4.69, 9.17) is 15.6 Å². The molecule has 0 aliphatic rings. The van der Waals surface area contributed by atoms with Gasteiger partial charge in [-0.15, -0.1) is 0 Å². The number of rotatable bonds is 2. The first kappa shape index (κ1) is 13.1. The molecule has 0 unspecified atom stereocenters. The molecule has 1 aromatic rings. The topological polar surface area (TPSA) is 95.4 Å². The van der Waals surface area contributed by atoms with Gasteiger partial charge in [-0.2, -0.15) is 0 Å². The Bertz CT molecular complexity index is 392. The maximum atomic E-state index is 11.9. The van der Waals surface area contributed by atoms with Crippen molar-refractivity contribution in [2.75, 3.05) is 0 Å². The lowest BCUT2D eigenvalue weighted by Crippen LogP contribution is -2.51. The second-order valence-corrected chi connectivity index (χ2v) is 4.73. The lowest BCUT2D eigenvalue weighted by Gasteiger charge is -2.26. The van der Waals surface area contributed by atoms with Crippen molar-refractivity contribution in [3.63, 3.8) is 0 Å². The Morgan fingerprint density at radius 3 is 2.65 bits per heavy atom. The van der Waals surface area contributed by atoms with Crippen LogP contribution < -0.4 is 11.1 Å². The van der Waals surface area contributed by atoms with E-state index in [9.17, 15) is 4.79 Å². The molecule has 0 radical (unpaired) electrons. The molecule has 0 saturated heterocycles. The summed E-state index contributed by atoms with van der Waals surface area (Å²) in [4.78, 5) is 13.0. The van der Waals surface area contributed by atoms with Crippen LogP contribution in [0, 0.1) is 5.41 Å². The highest BCUT2D eigenvalue weighted by molar-refractivity contribution is 5.94. The molecule has 6 nitrogen and oxygen atoms in total. The molecule has 0 bridgehead atoms. The number of nitrogens with two attached hydrogens (primary N) is 1. The van der Waals surface area contributed by atoms with Gasteiger partial charge in [0.15, 0.2) is 5.96 Å². The fraction of sp³-hybridized carbons (Fsp3) is 0.455. The van der Waals surface area contributed by atoms with Gasteiger partial charge in [0.2, 0.25) is 0 Å². The Morgan fingerprint density at radius 1 is 1.59 bits per heavy atom. The largest absolute Gasteiger partial charge is 0.467 e. The van der Waals surface area contributed by atoms with Crippen molar-refractivity contribution in [3.8, 4) is 0 Å². The quantitative estimate of drug-likeness (QED) is 0.538. The fourth-order valence-electron chi connectivity index (χ4n) is 1.21. The highest BCUT2D eigenvalue weighted by Gasteiger charge is 2.22. The first-order valence-electron chi connectivity index (χ1n) is 5.25. The molecule has 0 aliphatic heterocycles. The van der Waals surface area contributed by atoms with E-state index >= 15 is 0 Å². The van der Waals surface area contributed by atoms with Crippen LogP contribution in [-0.2, 0) is 6.54 Å². The molecule has 2 amide bonds. The van der Waals surface area contributed by atoms with Crippen molar-refractivity contribution in [3.05, 3.63) is 24.2 Å². The van der Waals surface area contributed by atoms with Gasteiger partial charge in [-0.1, -0.05) is 0 Å². The zero-order valence-electron chi connectivity index (χ0n) is 10.3. The Morgan fingerprint density at radius 2 is 2.24 bits per heavy atom. The van der Waals surface area contributed by atoms with E-state index in [1.807, 2.05) is 20.8 Å². The predicted molar refractivity (Wildman–Crippen MR) is 64.4 cm³/mol. The molecule has 0 aromatic carbocycles. The van der Waals surface area contributed by atoms with Gasteiger partial charge in [-0.3, -0.25) is 10.3 Å². The summed E-state index contributed by atoms with van der Waals surface area (Å²) in [5, 5.41) is 10.1. The van der Waals surface area contributed by atoms with Crippen LogP contribution in [0.2, 0.25) is 0 Å². The minimum atomic E-state index is -0.415. The minimum absolute atomic E-state index is 0.143. The molecular formula is C11H18N4O2. The van der Waals surface area contributed by atoms with E-state index in [2.05, 4.69) is 5.32 Å². The van der Waals surface area contributed by atoms with Gasteiger partial charge in [0.05, 0.1) is 12.8 Å². The van der Waals surface area contributed by atoms with E-state index in [-0.39, 0.29) is 18.0 Å². The first-order chi connectivity index (χ1) is 7.79. The zero-order valence-corrected chi connectivity index (χ0v) is 10.3. The SMILES string of the molecule is CC(C)(C)NC(=O)N(Cc1ccco1)C(=N)N. The van der Waals surface area contributed by atoms with Crippen LogP contribution in [0.25, 0.3) is 0 Å². The number of guanidine groups is 1. The standard InChI is InChI=1S/C11H18N4O2/c1-11(2,3)14-10(16)15(9(12)13)7-8-5-4-6-17-8/h4-6H,7H2,1-3H3,(H3,12,13)(H,14,16). The maximum absolute atomic E-state index is 11.9. The van der Waals surface area contributed by atoms with E-state index < -0.39 is 6.03 Å². The van der Waals surface area contributed by atoms with Gasteiger partial charge < -0.3 is 15.5 Å². The van der Waals surface area contributed by atoms with Crippen molar-refractivity contribution < 1.29 is 9.21 Å². The molecule has 0 aliphatic carbocycles. The van der Waals surface area contributed by atoms with Gasteiger partial charge in [0.1, 0.15) is 5.76 Å². The summed E-state index contributed by atoms with van der Waals surface area (Å²) in [6.45, 7) is 5.71. The normalized spacial score (nSPS) is 11.0. The molecule has 0 fully saturated rings. The third kappa shape index (κ3) is 4.18. The molecule has 94 valence electrons. The third-order valence-corrected chi connectivity index (χ3v) is 1.91. The lowest BCUT2D eigenvalue weighted by molar-refractivity contribution is 0.206. The lowest BCUT2D eigenvalue weighted by atomic mass is 10.1. The number of urea groups is 1. The van der Waals surface area contributed by atoms with Crippen molar-refractivity contribution in [2.24, 2.45) is 5.73 Å². The maximum Gasteiger partial charge on any atom is 0.325 e.